The van der Waals surface area contributed by atoms with Crippen LogP contribution in [0.3, 0.4) is 0 Å². The molecule has 2 amide bonds. The fourth-order valence-corrected chi connectivity index (χ4v) is 2.79. The monoisotopic (exact) mass is 342 g/mol. The molecule has 1 heterocycles. The van der Waals surface area contributed by atoms with Crippen LogP contribution in [0.1, 0.15) is 11.4 Å². The smallest absolute Gasteiger partial charge is 0.319 e. The molecule has 0 spiro atoms. The first kappa shape index (κ1) is 16.3. The topological polar surface area (TPSA) is 59.0 Å². The Kier molecular flexibility index (Phi) is 4.71. The van der Waals surface area contributed by atoms with Gasteiger partial charge >= 0.3 is 6.03 Å². The molecule has 0 aliphatic rings. The molecule has 0 aliphatic heterocycles. The van der Waals surface area contributed by atoms with E-state index in [9.17, 15) is 4.79 Å². The van der Waals surface area contributed by atoms with Crippen LogP contribution < -0.4 is 10.6 Å². The van der Waals surface area contributed by atoms with Crippen molar-refractivity contribution in [3.8, 4) is 0 Å². The summed E-state index contributed by atoms with van der Waals surface area (Å²) < 4.78 is 2.10. The summed E-state index contributed by atoms with van der Waals surface area (Å²) >= 11 is 6.06. The van der Waals surface area contributed by atoms with E-state index in [1.54, 1.807) is 6.07 Å². The first-order valence-electron chi connectivity index (χ1n) is 7.77. The second kappa shape index (κ2) is 6.93. The lowest BCUT2D eigenvalue weighted by Gasteiger charge is -2.10. The van der Waals surface area contributed by atoms with E-state index in [1.807, 2.05) is 50.2 Å². The number of aromatic nitrogens is 2. The van der Waals surface area contributed by atoms with Crippen molar-refractivity contribution in [1.82, 2.24) is 14.9 Å². The van der Waals surface area contributed by atoms with Crippen LogP contribution in [-0.4, -0.2) is 22.1 Å². The van der Waals surface area contributed by atoms with Crippen molar-refractivity contribution in [3.05, 3.63) is 58.9 Å². The summed E-state index contributed by atoms with van der Waals surface area (Å²) in [6.07, 6.45) is 0. The normalized spacial score (nSPS) is 10.8. The highest BCUT2D eigenvalue weighted by atomic mass is 35.5. The van der Waals surface area contributed by atoms with E-state index in [-0.39, 0.29) is 6.03 Å². The van der Waals surface area contributed by atoms with Gasteiger partial charge in [0, 0.05) is 23.8 Å². The van der Waals surface area contributed by atoms with Crippen molar-refractivity contribution < 1.29 is 4.79 Å². The second-order valence-electron chi connectivity index (χ2n) is 5.64. The molecular weight excluding hydrogens is 324 g/mol. The molecule has 0 radical (unpaired) electrons. The second-order valence-corrected chi connectivity index (χ2v) is 6.05. The number of nitrogens with zero attached hydrogens (tertiary/aromatic N) is 2. The van der Waals surface area contributed by atoms with E-state index in [1.165, 1.54) is 0 Å². The number of hydrogen-bond acceptors (Lipinski definition) is 2. The van der Waals surface area contributed by atoms with E-state index < -0.39 is 0 Å². The molecule has 6 heteroatoms. The van der Waals surface area contributed by atoms with E-state index in [4.69, 9.17) is 11.6 Å². The van der Waals surface area contributed by atoms with Gasteiger partial charge in [0.25, 0.3) is 0 Å². The molecule has 3 aromatic rings. The lowest BCUT2D eigenvalue weighted by molar-refractivity contribution is 0.251. The average Bonchev–Trinajstić information content (AvgIpc) is 2.87. The largest absolute Gasteiger partial charge is 0.336 e. The SMILES string of the molecule is Cc1ccc(NC(=O)NCCn2c(C)nc3ccccc32)cc1Cl. The Morgan fingerprint density at radius 1 is 1.21 bits per heavy atom. The predicted molar refractivity (Wildman–Crippen MR) is 97.7 cm³/mol. The summed E-state index contributed by atoms with van der Waals surface area (Å²) in [6, 6.07) is 13.2. The zero-order chi connectivity index (χ0) is 17.1. The standard InChI is InChI=1S/C18H19ClN4O/c1-12-7-8-14(11-15(12)19)22-18(24)20-9-10-23-13(2)21-16-5-3-4-6-17(16)23/h3-8,11H,9-10H2,1-2H3,(H2,20,22,24). The van der Waals surface area contributed by atoms with Crippen molar-refractivity contribution in [2.45, 2.75) is 20.4 Å². The van der Waals surface area contributed by atoms with Gasteiger partial charge < -0.3 is 15.2 Å². The third-order valence-corrected chi connectivity index (χ3v) is 4.30. The summed E-state index contributed by atoms with van der Waals surface area (Å²) in [4.78, 5) is 16.5. The Bertz CT molecular complexity index is 888. The molecule has 3 rings (SSSR count). The third-order valence-electron chi connectivity index (χ3n) is 3.90. The van der Waals surface area contributed by atoms with Crippen LogP contribution in [0.15, 0.2) is 42.5 Å². The number of urea groups is 1. The zero-order valence-electron chi connectivity index (χ0n) is 13.6. The highest BCUT2D eigenvalue weighted by molar-refractivity contribution is 6.31. The van der Waals surface area contributed by atoms with Crippen LogP contribution in [0.25, 0.3) is 11.0 Å². The van der Waals surface area contributed by atoms with Gasteiger partial charge in [0.1, 0.15) is 5.82 Å². The number of hydrogen-bond donors (Lipinski definition) is 2. The molecule has 5 nitrogen and oxygen atoms in total. The molecule has 0 fully saturated rings. The van der Waals surface area contributed by atoms with Crippen LogP contribution >= 0.6 is 11.6 Å². The van der Waals surface area contributed by atoms with Gasteiger partial charge in [-0.05, 0) is 43.7 Å². The lowest BCUT2D eigenvalue weighted by Crippen LogP contribution is -2.31. The van der Waals surface area contributed by atoms with Crippen LogP contribution in [0.4, 0.5) is 10.5 Å². The molecule has 2 N–H and O–H groups in total. The predicted octanol–water partition coefficient (Wildman–Crippen LogP) is 4.13. The minimum atomic E-state index is -0.253. The van der Waals surface area contributed by atoms with E-state index in [0.29, 0.717) is 23.8 Å². The number of para-hydroxylation sites is 2. The molecule has 0 bridgehead atoms. The van der Waals surface area contributed by atoms with Crippen molar-refractivity contribution in [1.29, 1.82) is 0 Å². The van der Waals surface area contributed by atoms with Crippen LogP contribution in [0.5, 0.6) is 0 Å². The van der Waals surface area contributed by atoms with E-state index in [2.05, 4.69) is 20.2 Å². The maximum Gasteiger partial charge on any atom is 0.319 e. The lowest BCUT2D eigenvalue weighted by atomic mass is 10.2. The number of carbonyl (C=O) groups is 1. The molecular formula is C18H19ClN4O. The zero-order valence-corrected chi connectivity index (χ0v) is 14.4. The Labute approximate surface area is 145 Å². The highest BCUT2D eigenvalue weighted by Crippen LogP contribution is 2.19. The summed E-state index contributed by atoms with van der Waals surface area (Å²) in [6.45, 7) is 5.05. The van der Waals surface area contributed by atoms with Crippen LogP contribution in [0, 0.1) is 13.8 Å². The number of halogens is 1. The first-order valence-corrected chi connectivity index (χ1v) is 8.15. The van der Waals surface area contributed by atoms with E-state index in [0.717, 1.165) is 22.4 Å². The van der Waals surface area contributed by atoms with Gasteiger partial charge in [0.15, 0.2) is 0 Å². The number of amides is 2. The summed E-state index contributed by atoms with van der Waals surface area (Å²) in [5.74, 6) is 0.934. The maximum atomic E-state index is 12.0. The van der Waals surface area contributed by atoms with Gasteiger partial charge in [-0.1, -0.05) is 29.8 Å². The van der Waals surface area contributed by atoms with Crippen LogP contribution in [-0.2, 0) is 6.54 Å². The number of nitrogens with one attached hydrogen (secondary N) is 2. The molecule has 2 aromatic carbocycles. The van der Waals surface area contributed by atoms with Gasteiger partial charge in [0.2, 0.25) is 0 Å². The first-order chi connectivity index (χ1) is 11.5. The third kappa shape index (κ3) is 3.51. The van der Waals surface area contributed by atoms with Crippen molar-refractivity contribution in [2.75, 3.05) is 11.9 Å². The Morgan fingerprint density at radius 3 is 2.79 bits per heavy atom. The quantitative estimate of drug-likeness (QED) is 0.749. The number of anilines is 1. The fraction of sp³-hybridized carbons (Fsp3) is 0.222. The number of fused-ring (bicyclic) bond motifs is 1. The number of benzene rings is 2. The maximum absolute atomic E-state index is 12.0. The molecule has 0 atom stereocenters. The molecule has 0 unspecified atom stereocenters. The number of imidazole rings is 1. The molecule has 0 saturated carbocycles. The van der Waals surface area contributed by atoms with Crippen molar-refractivity contribution in [2.24, 2.45) is 0 Å². The van der Waals surface area contributed by atoms with Gasteiger partial charge in [-0.25, -0.2) is 9.78 Å². The van der Waals surface area contributed by atoms with Crippen LogP contribution in [0.2, 0.25) is 5.02 Å². The van der Waals surface area contributed by atoms with Gasteiger partial charge in [-0.3, -0.25) is 0 Å². The molecule has 0 saturated heterocycles. The Hall–Kier alpha value is -2.53. The minimum absolute atomic E-state index is 0.253. The van der Waals surface area contributed by atoms with Crippen molar-refractivity contribution >= 4 is 34.4 Å². The van der Waals surface area contributed by atoms with Crippen molar-refractivity contribution in [3.63, 3.8) is 0 Å². The molecule has 124 valence electrons. The fourth-order valence-electron chi connectivity index (χ4n) is 2.61. The minimum Gasteiger partial charge on any atom is -0.336 e. The van der Waals surface area contributed by atoms with Gasteiger partial charge in [0.05, 0.1) is 11.0 Å². The molecule has 1 aromatic heterocycles. The van der Waals surface area contributed by atoms with E-state index >= 15 is 0 Å². The summed E-state index contributed by atoms with van der Waals surface area (Å²) in [5, 5.41) is 6.27. The molecule has 0 aliphatic carbocycles. The number of aryl methyl sites for hydroxylation is 2. The number of rotatable bonds is 4. The summed E-state index contributed by atoms with van der Waals surface area (Å²) in [5.41, 5.74) is 3.69. The van der Waals surface area contributed by atoms with Gasteiger partial charge in [-0.15, -0.1) is 0 Å². The average molecular weight is 343 g/mol. The molecule has 24 heavy (non-hydrogen) atoms. The summed E-state index contributed by atoms with van der Waals surface area (Å²) in [7, 11) is 0. The number of carbonyl (C=O) groups excluding carboxylic acids is 1. The highest BCUT2D eigenvalue weighted by Gasteiger charge is 2.07. The Morgan fingerprint density at radius 2 is 2.00 bits per heavy atom. The van der Waals surface area contributed by atoms with Gasteiger partial charge in [-0.2, -0.15) is 0 Å². The Balaban J connectivity index is 1.58.